The van der Waals surface area contributed by atoms with E-state index in [2.05, 4.69) is 55.3 Å². The molecule has 1 aromatic carbocycles. The highest BCUT2D eigenvalue weighted by Gasteiger charge is 2.18. The summed E-state index contributed by atoms with van der Waals surface area (Å²) in [7, 11) is 0. The molecule has 0 spiro atoms. The van der Waals surface area contributed by atoms with Gasteiger partial charge in [-0.15, -0.1) is 0 Å². The van der Waals surface area contributed by atoms with Crippen molar-refractivity contribution in [1.29, 1.82) is 0 Å². The lowest BCUT2D eigenvalue weighted by atomic mass is 9.98. The molecule has 0 aromatic heterocycles. The van der Waals surface area contributed by atoms with E-state index >= 15 is 0 Å². The maximum absolute atomic E-state index is 3.70. The van der Waals surface area contributed by atoms with Crippen LogP contribution in [0, 0.1) is 0 Å². The molecule has 1 aliphatic heterocycles. The summed E-state index contributed by atoms with van der Waals surface area (Å²) < 4.78 is 0. The van der Waals surface area contributed by atoms with Crippen molar-refractivity contribution in [1.82, 2.24) is 4.90 Å². The maximum atomic E-state index is 3.70. The first-order valence-electron chi connectivity index (χ1n) is 8.31. The summed E-state index contributed by atoms with van der Waals surface area (Å²) in [6.45, 7) is 10.6. The van der Waals surface area contributed by atoms with Gasteiger partial charge in [-0.2, -0.15) is 0 Å². The second kappa shape index (κ2) is 7.68. The molecule has 112 valence electrons. The molecule has 1 aliphatic rings. The molecule has 0 aliphatic carbocycles. The molecule has 1 atom stereocenters. The van der Waals surface area contributed by atoms with Gasteiger partial charge in [0.05, 0.1) is 0 Å². The number of benzene rings is 1. The van der Waals surface area contributed by atoms with Gasteiger partial charge >= 0.3 is 0 Å². The Bertz CT molecular complexity index is 377. The lowest BCUT2D eigenvalue weighted by Crippen LogP contribution is -2.39. The number of nitrogens with zero attached hydrogens (tertiary/aromatic N) is 1. The summed E-state index contributed by atoms with van der Waals surface area (Å²) in [4.78, 5) is 2.59. The van der Waals surface area contributed by atoms with Crippen molar-refractivity contribution in [3.05, 3.63) is 29.8 Å². The fraction of sp³-hybridized carbons (Fsp3) is 0.667. The average molecular weight is 274 g/mol. The van der Waals surface area contributed by atoms with E-state index < -0.39 is 0 Å². The Kier molecular flexibility index (Phi) is 5.90. The molecule has 1 unspecified atom stereocenters. The first kappa shape index (κ1) is 15.4. The van der Waals surface area contributed by atoms with Gasteiger partial charge in [0.2, 0.25) is 0 Å². The summed E-state index contributed by atoms with van der Waals surface area (Å²) in [6.07, 6.45) is 5.03. The highest BCUT2D eigenvalue weighted by atomic mass is 15.1. The van der Waals surface area contributed by atoms with E-state index in [4.69, 9.17) is 0 Å². The van der Waals surface area contributed by atoms with E-state index in [0.717, 1.165) is 0 Å². The SMILES string of the molecule is CCCN1CCC(Nc2ccc(C(C)CC)cc2)CC1. The smallest absolute Gasteiger partial charge is 0.0342 e. The summed E-state index contributed by atoms with van der Waals surface area (Å²) in [5.41, 5.74) is 2.74. The Morgan fingerprint density at radius 1 is 1.15 bits per heavy atom. The van der Waals surface area contributed by atoms with Crippen molar-refractivity contribution >= 4 is 5.69 Å². The van der Waals surface area contributed by atoms with E-state index in [1.165, 1.54) is 56.6 Å². The highest BCUT2D eigenvalue weighted by molar-refractivity contribution is 5.46. The van der Waals surface area contributed by atoms with Gasteiger partial charge in [0.25, 0.3) is 0 Å². The van der Waals surface area contributed by atoms with E-state index in [-0.39, 0.29) is 0 Å². The number of rotatable bonds is 6. The van der Waals surface area contributed by atoms with Crippen molar-refractivity contribution in [2.24, 2.45) is 0 Å². The van der Waals surface area contributed by atoms with Crippen molar-refractivity contribution in [2.45, 2.75) is 58.4 Å². The Morgan fingerprint density at radius 3 is 2.35 bits per heavy atom. The fourth-order valence-electron chi connectivity index (χ4n) is 3.00. The predicted octanol–water partition coefficient (Wildman–Crippen LogP) is 4.49. The van der Waals surface area contributed by atoms with Crippen LogP contribution in [0.1, 0.15) is 57.9 Å². The van der Waals surface area contributed by atoms with Crippen LogP contribution in [0.4, 0.5) is 5.69 Å². The monoisotopic (exact) mass is 274 g/mol. The Hall–Kier alpha value is -1.02. The normalized spacial score (nSPS) is 18.9. The average Bonchev–Trinajstić information content (AvgIpc) is 2.49. The number of nitrogens with one attached hydrogen (secondary N) is 1. The fourth-order valence-corrected chi connectivity index (χ4v) is 3.00. The first-order valence-corrected chi connectivity index (χ1v) is 8.31. The summed E-state index contributed by atoms with van der Waals surface area (Å²) >= 11 is 0. The van der Waals surface area contributed by atoms with E-state index in [0.29, 0.717) is 12.0 Å². The van der Waals surface area contributed by atoms with Crippen molar-refractivity contribution in [3.63, 3.8) is 0 Å². The number of likely N-dealkylation sites (tertiary alicyclic amines) is 1. The quantitative estimate of drug-likeness (QED) is 0.822. The summed E-state index contributed by atoms with van der Waals surface area (Å²) in [5, 5.41) is 3.70. The number of piperidine rings is 1. The van der Waals surface area contributed by atoms with Gasteiger partial charge in [-0.05, 0) is 55.8 Å². The second-order valence-electron chi connectivity index (χ2n) is 6.19. The van der Waals surface area contributed by atoms with Gasteiger partial charge in [0, 0.05) is 24.8 Å². The van der Waals surface area contributed by atoms with Gasteiger partial charge in [-0.1, -0.05) is 32.9 Å². The number of hydrogen-bond acceptors (Lipinski definition) is 2. The van der Waals surface area contributed by atoms with Crippen LogP contribution >= 0.6 is 0 Å². The Balaban J connectivity index is 1.82. The van der Waals surface area contributed by atoms with Crippen LogP contribution in [0.3, 0.4) is 0 Å². The lowest BCUT2D eigenvalue weighted by Gasteiger charge is -2.32. The third-order valence-corrected chi connectivity index (χ3v) is 4.59. The molecule has 0 amide bonds. The minimum atomic E-state index is 0.651. The third kappa shape index (κ3) is 4.24. The molecule has 1 N–H and O–H groups in total. The molecule has 0 bridgehead atoms. The van der Waals surface area contributed by atoms with Gasteiger partial charge in [-0.3, -0.25) is 0 Å². The molecule has 1 heterocycles. The molecule has 2 nitrogen and oxygen atoms in total. The van der Waals surface area contributed by atoms with E-state index in [1.54, 1.807) is 0 Å². The van der Waals surface area contributed by atoms with Crippen LogP contribution in [0.15, 0.2) is 24.3 Å². The number of hydrogen-bond donors (Lipinski definition) is 1. The standard InChI is InChI=1S/C18H30N2/c1-4-12-20-13-10-18(11-14-20)19-17-8-6-16(7-9-17)15(3)5-2/h6-9,15,18-19H,4-5,10-14H2,1-3H3. The van der Waals surface area contributed by atoms with E-state index in [1.807, 2.05) is 0 Å². The van der Waals surface area contributed by atoms with Crippen LogP contribution in [-0.4, -0.2) is 30.6 Å². The van der Waals surface area contributed by atoms with Crippen LogP contribution in [-0.2, 0) is 0 Å². The van der Waals surface area contributed by atoms with Crippen LogP contribution in [0.2, 0.25) is 0 Å². The maximum Gasteiger partial charge on any atom is 0.0342 e. The van der Waals surface area contributed by atoms with Crippen LogP contribution in [0.5, 0.6) is 0 Å². The number of anilines is 1. The van der Waals surface area contributed by atoms with Crippen LogP contribution < -0.4 is 5.32 Å². The zero-order valence-electron chi connectivity index (χ0n) is 13.4. The molecule has 2 heteroatoms. The second-order valence-corrected chi connectivity index (χ2v) is 6.19. The zero-order chi connectivity index (χ0) is 14.4. The van der Waals surface area contributed by atoms with Crippen molar-refractivity contribution < 1.29 is 0 Å². The third-order valence-electron chi connectivity index (χ3n) is 4.59. The first-order chi connectivity index (χ1) is 9.72. The molecule has 1 aromatic rings. The molecule has 20 heavy (non-hydrogen) atoms. The predicted molar refractivity (Wildman–Crippen MR) is 88.5 cm³/mol. The zero-order valence-corrected chi connectivity index (χ0v) is 13.4. The topological polar surface area (TPSA) is 15.3 Å². The molecule has 1 fully saturated rings. The minimum Gasteiger partial charge on any atom is -0.382 e. The van der Waals surface area contributed by atoms with Gasteiger partial charge in [0.1, 0.15) is 0 Å². The highest BCUT2D eigenvalue weighted by Crippen LogP contribution is 2.22. The van der Waals surface area contributed by atoms with Gasteiger partial charge < -0.3 is 10.2 Å². The van der Waals surface area contributed by atoms with Gasteiger partial charge in [0.15, 0.2) is 0 Å². The van der Waals surface area contributed by atoms with Crippen molar-refractivity contribution in [2.75, 3.05) is 25.0 Å². The minimum absolute atomic E-state index is 0.651. The summed E-state index contributed by atoms with van der Waals surface area (Å²) in [6, 6.07) is 9.71. The molecule has 1 saturated heterocycles. The van der Waals surface area contributed by atoms with Crippen LogP contribution in [0.25, 0.3) is 0 Å². The summed E-state index contributed by atoms with van der Waals surface area (Å²) in [5.74, 6) is 0.668. The largest absolute Gasteiger partial charge is 0.382 e. The lowest BCUT2D eigenvalue weighted by molar-refractivity contribution is 0.219. The Morgan fingerprint density at radius 2 is 1.80 bits per heavy atom. The molecule has 0 radical (unpaired) electrons. The molecular formula is C18H30N2. The van der Waals surface area contributed by atoms with E-state index in [9.17, 15) is 0 Å². The Labute approximate surface area is 124 Å². The molecular weight excluding hydrogens is 244 g/mol. The molecule has 0 saturated carbocycles. The van der Waals surface area contributed by atoms with Gasteiger partial charge in [-0.25, -0.2) is 0 Å². The van der Waals surface area contributed by atoms with Crippen molar-refractivity contribution in [3.8, 4) is 0 Å². The molecule has 2 rings (SSSR count).